The number of nitrogens with one attached hydrogen (secondary N) is 2. The molecular weight excluding hydrogens is 326 g/mol. The molecule has 0 spiro atoms. The van der Waals surface area contributed by atoms with Gasteiger partial charge in [-0.2, -0.15) is 23.5 Å². The van der Waals surface area contributed by atoms with Crippen molar-refractivity contribution in [3.05, 3.63) is 0 Å². The first kappa shape index (κ1) is 21.1. The molecule has 7 nitrogen and oxygen atoms in total. The molecule has 3 atom stereocenters. The van der Waals surface area contributed by atoms with Gasteiger partial charge in [0.05, 0.1) is 6.04 Å². The molecule has 0 aliphatic carbocycles. The van der Waals surface area contributed by atoms with Crippen molar-refractivity contribution in [1.29, 1.82) is 0 Å². The number of rotatable bonds is 11. The Morgan fingerprint density at radius 2 is 1.59 bits per heavy atom. The van der Waals surface area contributed by atoms with E-state index in [9.17, 15) is 14.4 Å². The normalized spacial score (nSPS) is 14.7. The fourth-order valence-electron chi connectivity index (χ4n) is 1.55. The summed E-state index contributed by atoms with van der Waals surface area (Å²) in [5.74, 6) is -0.646. The van der Waals surface area contributed by atoms with Gasteiger partial charge in [0.15, 0.2) is 0 Å². The Kier molecular flexibility index (Phi) is 11.1. The van der Waals surface area contributed by atoms with Crippen LogP contribution in [0.4, 0.5) is 0 Å². The first-order chi connectivity index (χ1) is 10.3. The number of hydrogen-bond acceptors (Lipinski definition) is 6. The molecule has 128 valence electrons. The number of hydrogen-bond donors (Lipinski definition) is 4. The van der Waals surface area contributed by atoms with E-state index in [2.05, 4.69) is 10.6 Å². The van der Waals surface area contributed by atoms with Crippen LogP contribution in [-0.2, 0) is 14.4 Å². The number of carbonyl (C=O) groups is 3. The standard InChI is InChI=1S/C13H25N3O4S2/c1-8(15-12(18)9(14)4-6-21-2)11(17)16-10(13(19)20)5-7-22-3/h8-10H,4-7,14H2,1-3H3,(H,15,18)(H,16,17)(H,19,20). The minimum absolute atomic E-state index is 0.330. The highest BCUT2D eigenvalue weighted by atomic mass is 32.2. The summed E-state index contributed by atoms with van der Waals surface area (Å²) in [5.41, 5.74) is 5.71. The molecule has 0 rings (SSSR count). The van der Waals surface area contributed by atoms with Crippen LogP contribution in [0.25, 0.3) is 0 Å². The minimum Gasteiger partial charge on any atom is -0.480 e. The van der Waals surface area contributed by atoms with Crippen LogP contribution < -0.4 is 16.4 Å². The molecule has 0 aromatic rings. The molecule has 0 radical (unpaired) electrons. The molecule has 9 heteroatoms. The van der Waals surface area contributed by atoms with Crippen molar-refractivity contribution in [3.8, 4) is 0 Å². The average Bonchev–Trinajstić information content (AvgIpc) is 2.47. The van der Waals surface area contributed by atoms with E-state index in [1.165, 1.54) is 18.7 Å². The van der Waals surface area contributed by atoms with Gasteiger partial charge in [0, 0.05) is 0 Å². The first-order valence-corrected chi connectivity index (χ1v) is 9.69. The first-order valence-electron chi connectivity index (χ1n) is 6.90. The molecule has 5 N–H and O–H groups in total. The molecule has 22 heavy (non-hydrogen) atoms. The molecule has 0 saturated heterocycles. The molecule has 3 unspecified atom stereocenters. The molecule has 2 amide bonds. The van der Waals surface area contributed by atoms with Gasteiger partial charge in [-0.3, -0.25) is 9.59 Å². The molecule has 0 fully saturated rings. The monoisotopic (exact) mass is 351 g/mol. The number of thioether (sulfide) groups is 2. The van der Waals surface area contributed by atoms with Crippen LogP contribution in [0.5, 0.6) is 0 Å². The second-order valence-electron chi connectivity index (χ2n) is 4.80. The van der Waals surface area contributed by atoms with Crippen molar-refractivity contribution in [2.75, 3.05) is 24.0 Å². The highest BCUT2D eigenvalue weighted by Crippen LogP contribution is 2.02. The third kappa shape index (κ3) is 8.50. The van der Waals surface area contributed by atoms with Crippen LogP contribution in [0.3, 0.4) is 0 Å². The lowest BCUT2D eigenvalue weighted by Gasteiger charge is -2.20. The van der Waals surface area contributed by atoms with Gasteiger partial charge in [0.1, 0.15) is 12.1 Å². The zero-order valence-corrected chi connectivity index (χ0v) is 14.8. The van der Waals surface area contributed by atoms with Gasteiger partial charge < -0.3 is 21.5 Å². The van der Waals surface area contributed by atoms with Crippen LogP contribution in [0.2, 0.25) is 0 Å². The summed E-state index contributed by atoms with van der Waals surface area (Å²) >= 11 is 3.09. The highest BCUT2D eigenvalue weighted by molar-refractivity contribution is 7.98. The Morgan fingerprint density at radius 1 is 1.05 bits per heavy atom. The van der Waals surface area contributed by atoms with Crippen molar-refractivity contribution in [2.24, 2.45) is 5.73 Å². The van der Waals surface area contributed by atoms with Crippen molar-refractivity contribution in [2.45, 2.75) is 37.9 Å². The van der Waals surface area contributed by atoms with Crippen LogP contribution in [0.1, 0.15) is 19.8 Å². The Morgan fingerprint density at radius 3 is 2.09 bits per heavy atom. The molecule has 0 aromatic carbocycles. The fourth-order valence-corrected chi connectivity index (χ4v) is 2.51. The van der Waals surface area contributed by atoms with Gasteiger partial charge in [0.25, 0.3) is 0 Å². The molecule has 0 heterocycles. The maximum Gasteiger partial charge on any atom is 0.326 e. The predicted octanol–water partition coefficient (Wildman–Crippen LogP) is -0.106. The SMILES string of the molecule is CSCCC(N)C(=O)NC(C)C(=O)NC(CCSC)C(=O)O. The lowest BCUT2D eigenvalue weighted by atomic mass is 10.2. The van der Waals surface area contributed by atoms with Crippen LogP contribution >= 0.6 is 23.5 Å². The van der Waals surface area contributed by atoms with E-state index in [1.54, 1.807) is 11.8 Å². The summed E-state index contributed by atoms with van der Waals surface area (Å²) < 4.78 is 0. The van der Waals surface area contributed by atoms with Gasteiger partial charge in [-0.05, 0) is 43.8 Å². The van der Waals surface area contributed by atoms with E-state index < -0.39 is 35.9 Å². The van der Waals surface area contributed by atoms with Crippen molar-refractivity contribution >= 4 is 41.3 Å². The van der Waals surface area contributed by atoms with Crippen molar-refractivity contribution < 1.29 is 19.5 Å². The predicted molar refractivity (Wildman–Crippen MR) is 91.1 cm³/mol. The second kappa shape index (κ2) is 11.6. The highest BCUT2D eigenvalue weighted by Gasteiger charge is 2.24. The van der Waals surface area contributed by atoms with Gasteiger partial charge >= 0.3 is 5.97 Å². The number of carboxylic acids is 1. The summed E-state index contributed by atoms with van der Waals surface area (Å²) in [6.07, 6.45) is 4.63. The van der Waals surface area contributed by atoms with Crippen molar-refractivity contribution in [1.82, 2.24) is 10.6 Å². The van der Waals surface area contributed by atoms with E-state index in [0.29, 0.717) is 18.6 Å². The number of carboxylic acid groups (broad SMARTS) is 1. The number of carbonyl (C=O) groups excluding carboxylic acids is 2. The third-order valence-corrected chi connectivity index (χ3v) is 4.23. The molecular formula is C13H25N3O4S2. The number of aliphatic carboxylic acids is 1. The number of nitrogens with two attached hydrogens (primary N) is 1. The van der Waals surface area contributed by atoms with Gasteiger partial charge in [-0.15, -0.1) is 0 Å². The molecule has 0 aliphatic heterocycles. The fraction of sp³-hybridized carbons (Fsp3) is 0.769. The summed E-state index contributed by atoms with van der Waals surface area (Å²) in [5, 5.41) is 14.0. The van der Waals surface area contributed by atoms with E-state index >= 15 is 0 Å². The van der Waals surface area contributed by atoms with E-state index in [4.69, 9.17) is 10.8 Å². The summed E-state index contributed by atoms with van der Waals surface area (Å²) in [7, 11) is 0. The Balaban J connectivity index is 4.39. The third-order valence-electron chi connectivity index (χ3n) is 2.95. The summed E-state index contributed by atoms with van der Waals surface area (Å²) in [6, 6.07) is -2.46. The molecule has 0 aromatic heterocycles. The Labute approximate surface area is 139 Å². The maximum atomic E-state index is 12.0. The molecule has 0 bridgehead atoms. The topological polar surface area (TPSA) is 122 Å². The van der Waals surface area contributed by atoms with E-state index in [0.717, 1.165) is 5.75 Å². The zero-order chi connectivity index (χ0) is 17.1. The lowest BCUT2D eigenvalue weighted by Crippen LogP contribution is -2.53. The zero-order valence-electron chi connectivity index (χ0n) is 13.1. The van der Waals surface area contributed by atoms with Gasteiger partial charge in [-0.1, -0.05) is 0 Å². The van der Waals surface area contributed by atoms with Crippen LogP contribution in [0.15, 0.2) is 0 Å². The van der Waals surface area contributed by atoms with E-state index in [-0.39, 0.29) is 0 Å². The van der Waals surface area contributed by atoms with Crippen molar-refractivity contribution in [3.63, 3.8) is 0 Å². The largest absolute Gasteiger partial charge is 0.480 e. The second-order valence-corrected chi connectivity index (χ2v) is 6.77. The molecule has 0 aliphatic rings. The van der Waals surface area contributed by atoms with Gasteiger partial charge in [-0.25, -0.2) is 4.79 Å². The van der Waals surface area contributed by atoms with Gasteiger partial charge in [0.2, 0.25) is 11.8 Å². The molecule has 0 saturated carbocycles. The summed E-state index contributed by atoms with van der Waals surface area (Å²) in [4.78, 5) is 34.8. The smallest absolute Gasteiger partial charge is 0.326 e. The quantitative estimate of drug-likeness (QED) is 0.410. The lowest BCUT2D eigenvalue weighted by molar-refractivity contribution is -0.142. The minimum atomic E-state index is -1.09. The summed E-state index contributed by atoms with van der Waals surface area (Å²) in [6.45, 7) is 1.50. The maximum absolute atomic E-state index is 12.0. The van der Waals surface area contributed by atoms with Crippen LogP contribution in [0, 0.1) is 0 Å². The van der Waals surface area contributed by atoms with E-state index in [1.807, 2.05) is 12.5 Å². The Hall–Kier alpha value is -0.930. The average molecular weight is 351 g/mol. The number of amides is 2. The Bertz CT molecular complexity index is 382. The van der Waals surface area contributed by atoms with Crippen LogP contribution in [-0.4, -0.2) is 65.0 Å².